The molecular weight excluding hydrogens is 238 g/mol. The van der Waals surface area contributed by atoms with Gasteiger partial charge in [-0.05, 0) is 0 Å². The highest BCUT2D eigenvalue weighted by Gasteiger charge is 2.07. The Labute approximate surface area is 91.6 Å². The van der Waals surface area contributed by atoms with E-state index in [-0.39, 0.29) is 6.54 Å². The van der Waals surface area contributed by atoms with E-state index in [2.05, 4.69) is 9.71 Å². The van der Waals surface area contributed by atoms with Gasteiger partial charge in [-0.3, -0.25) is 4.79 Å². The van der Waals surface area contributed by atoms with Crippen LogP contribution in [0, 0.1) is 0 Å². The van der Waals surface area contributed by atoms with E-state index < -0.39 is 15.9 Å². The number of hydrogen-bond acceptors (Lipinski definition) is 5. The first kappa shape index (κ1) is 12.1. The molecule has 1 rings (SSSR count). The van der Waals surface area contributed by atoms with Crippen molar-refractivity contribution >= 4 is 27.3 Å². The summed E-state index contributed by atoms with van der Waals surface area (Å²) in [5.41, 5.74) is 5.04. The Hall–Kier alpha value is -0.990. The predicted octanol–water partition coefficient (Wildman–Crippen LogP) is -0.666. The number of primary amides is 1. The van der Waals surface area contributed by atoms with Crippen LogP contribution >= 0.6 is 11.3 Å². The van der Waals surface area contributed by atoms with Crippen molar-refractivity contribution < 1.29 is 13.2 Å². The highest BCUT2D eigenvalue weighted by Crippen LogP contribution is 2.12. The zero-order valence-electron chi connectivity index (χ0n) is 8.06. The van der Waals surface area contributed by atoms with Crippen LogP contribution in [-0.2, 0) is 16.4 Å². The van der Waals surface area contributed by atoms with Gasteiger partial charge < -0.3 is 5.73 Å². The lowest BCUT2D eigenvalue weighted by molar-refractivity contribution is 0.100. The minimum absolute atomic E-state index is 0.268. The Morgan fingerprint density at radius 1 is 1.67 bits per heavy atom. The molecule has 0 aliphatic carbocycles. The molecule has 0 aliphatic heterocycles. The van der Waals surface area contributed by atoms with Crippen molar-refractivity contribution in [1.29, 1.82) is 0 Å². The van der Waals surface area contributed by atoms with Gasteiger partial charge in [0.05, 0.1) is 17.5 Å². The van der Waals surface area contributed by atoms with Crippen LogP contribution in [0.5, 0.6) is 0 Å². The topological polar surface area (TPSA) is 102 Å². The third-order valence-electron chi connectivity index (χ3n) is 1.50. The first-order valence-corrected chi connectivity index (χ1v) is 6.78. The van der Waals surface area contributed by atoms with Gasteiger partial charge in [-0.1, -0.05) is 0 Å². The van der Waals surface area contributed by atoms with Crippen molar-refractivity contribution in [2.45, 2.75) is 6.42 Å². The average molecular weight is 249 g/mol. The summed E-state index contributed by atoms with van der Waals surface area (Å²) in [4.78, 5) is 15.0. The summed E-state index contributed by atoms with van der Waals surface area (Å²) in [7, 11) is -3.17. The standard InChI is InChI=1S/C7H11N3O3S2/c1-15(12,13)10-3-2-6-9-4-5(14-6)7(8)11/h4,10H,2-3H2,1H3,(H2,8,11). The van der Waals surface area contributed by atoms with Crippen LogP contribution in [0.4, 0.5) is 0 Å². The maximum atomic E-state index is 10.7. The van der Waals surface area contributed by atoms with Crippen molar-refractivity contribution in [2.75, 3.05) is 12.8 Å². The number of amides is 1. The predicted molar refractivity (Wildman–Crippen MR) is 57.2 cm³/mol. The normalized spacial score (nSPS) is 11.5. The van der Waals surface area contributed by atoms with Crippen molar-refractivity contribution in [3.05, 3.63) is 16.1 Å². The lowest BCUT2D eigenvalue weighted by atomic mass is 10.5. The number of sulfonamides is 1. The molecule has 0 unspecified atom stereocenters. The molecule has 3 N–H and O–H groups in total. The van der Waals surface area contributed by atoms with E-state index in [0.29, 0.717) is 16.3 Å². The summed E-state index contributed by atoms with van der Waals surface area (Å²) < 4.78 is 23.8. The van der Waals surface area contributed by atoms with Crippen LogP contribution in [0.2, 0.25) is 0 Å². The Bertz CT molecular complexity index is 452. The molecule has 1 aromatic heterocycles. The van der Waals surface area contributed by atoms with Crippen LogP contribution in [0.1, 0.15) is 14.7 Å². The van der Waals surface area contributed by atoms with E-state index in [1.165, 1.54) is 17.5 Å². The van der Waals surface area contributed by atoms with Crippen LogP contribution in [-0.4, -0.2) is 32.1 Å². The molecule has 1 amide bonds. The Morgan fingerprint density at radius 2 is 2.33 bits per heavy atom. The fraction of sp³-hybridized carbons (Fsp3) is 0.429. The number of aromatic nitrogens is 1. The van der Waals surface area contributed by atoms with Crippen molar-refractivity contribution in [3.8, 4) is 0 Å². The summed E-state index contributed by atoms with van der Waals surface area (Å²) in [6.45, 7) is 0.268. The van der Waals surface area contributed by atoms with Crippen molar-refractivity contribution in [1.82, 2.24) is 9.71 Å². The number of thiazole rings is 1. The summed E-state index contributed by atoms with van der Waals surface area (Å²) in [6.07, 6.45) is 2.93. The molecule has 1 heterocycles. The van der Waals surface area contributed by atoms with E-state index in [0.717, 1.165) is 6.26 Å². The number of nitrogens with zero attached hydrogens (tertiary/aromatic N) is 1. The second-order valence-corrected chi connectivity index (χ2v) is 5.85. The minimum Gasteiger partial charge on any atom is -0.365 e. The van der Waals surface area contributed by atoms with Crippen LogP contribution in [0.15, 0.2) is 6.20 Å². The quantitative estimate of drug-likeness (QED) is 0.722. The average Bonchev–Trinajstić information content (AvgIpc) is 2.50. The number of carbonyl (C=O) groups is 1. The Kier molecular flexibility index (Phi) is 3.77. The smallest absolute Gasteiger partial charge is 0.260 e. The molecule has 0 saturated heterocycles. The molecular formula is C7H11N3O3S2. The monoisotopic (exact) mass is 249 g/mol. The van der Waals surface area contributed by atoms with Crippen LogP contribution in [0.3, 0.4) is 0 Å². The number of nitrogens with one attached hydrogen (secondary N) is 1. The van der Waals surface area contributed by atoms with Gasteiger partial charge in [0.15, 0.2) is 0 Å². The third kappa shape index (κ3) is 4.36. The van der Waals surface area contributed by atoms with Gasteiger partial charge in [-0.25, -0.2) is 18.1 Å². The van der Waals surface area contributed by atoms with Crippen LogP contribution in [0.25, 0.3) is 0 Å². The highest BCUT2D eigenvalue weighted by atomic mass is 32.2. The first-order chi connectivity index (χ1) is 6.88. The SMILES string of the molecule is CS(=O)(=O)NCCc1ncc(C(N)=O)s1. The fourth-order valence-corrected chi connectivity index (χ4v) is 2.13. The largest absolute Gasteiger partial charge is 0.365 e. The second-order valence-electron chi connectivity index (χ2n) is 2.90. The molecule has 0 bridgehead atoms. The maximum absolute atomic E-state index is 10.7. The lowest BCUT2D eigenvalue weighted by Gasteiger charge is -1.98. The van der Waals surface area contributed by atoms with E-state index in [1.54, 1.807) is 0 Å². The molecule has 0 fully saturated rings. The highest BCUT2D eigenvalue weighted by molar-refractivity contribution is 7.88. The van der Waals surface area contributed by atoms with Gasteiger partial charge in [-0.15, -0.1) is 11.3 Å². The Balaban J connectivity index is 2.48. The van der Waals surface area contributed by atoms with E-state index in [1.807, 2.05) is 0 Å². The van der Waals surface area contributed by atoms with E-state index in [9.17, 15) is 13.2 Å². The second kappa shape index (κ2) is 4.69. The Morgan fingerprint density at radius 3 is 2.80 bits per heavy atom. The molecule has 1 aromatic rings. The molecule has 0 radical (unpaired) electrons. The third-order valence-corrected chi connectivity index (χ3v) is 3.30. The molecule has 6 nitrogen and oxygen atoms in total. The van der Waals surface area contributed by atoms with E-state index in [4.69, 9.17) is 5.73 Å². The fourth-order valence-electron chi connectivity index (χ4n) is 0.883. The van der Waals surface area contributed by atoms with Crippen LogP contribution < -0.4 is 10.5 Å². The first-order valence-electron chi connectivity index (χ1n) is 4.07. The molecule has 15 heavy (non-hydrogen) atoms. The molecule has 0 aliphatic rings. The number of hydrogen-bond donors (Lipinski definition) is 2. The summed E-state index contributed by atoms with van der Waals surface area (Å²) in [5.74, 6) is -0.519. The van der Waals surface area contributed by atoms with Gasteiger partial charge >= 0.3 is 0 Å². The van der Waals surface area contributed by atoms with E-state index >= 15 is 0 Å². The molecule has 0 saturated carbocycles. The molecule has 0 spiro atoms. The van der Waals surface area contributed by atoms with Gasteiger partial charge in [0, 0.05) is 13.0 Å². The van der Waals surface area contributed by atoms with Crippen molar-refractivity contribution in [2.24, 2.45) is 5.73 Å². The molecule has 84 valence electrons. The van der Waals surface area contributed by atoms with Gasteiger partial charge in [0.1, 0.15) is 4.88 Å². The van der Waals surface area contributed by atoms with Gasteiger partial charge in [0.2, 0.25) is 10.0 Å². The maximum Gasteiger partial charge on any atom is 0.260 e. The summed E-state index contributed by atoms with van der Waals surface area (Å²) in [5, 5.41) is 0.681. The molecule has 0 aromatic carbocycles. The number of nitrogens with two attached hydrogens (primary N) is 1. The van der Waals surface area contributed by atoms with Gasteiger partial charge in [-0.2, -0.15) is 0 Å². The zero-order chi connectivity index (χ0) is 11.5. The van der Waals surface area contributed by atoms with Crippen molar-refractivity contribution in [3.63, 3.8) is 0 Å². The minimum atomic E-state index is -3.17. The molecule has 8 heteroatoms. The molecule has 0 atom stereocenters. The number of rotatable bonds is 5. The number of carbonyl (C=O) groups excluding carboxylic acids is 1. The summed E-state index contributed by atoms with van der Waals surface area (Å²) in [6, 6.07) is 0. The van der Waals surface area contributed by atoms with Gasteiger partial charge in [0.25, 0.3) is 5.91 Å². The lowest BCUT2D eigenvalue weighted by Crippen LogP contribution is -2.24. The zero-order valence-corrected chi connectivity index (χ0v) is 9.69. The summed E-state index contributed by atoms with van der Waals surface area (Å²) >= 11 is 1.17.